The summed E-state index contributed by atoms with van der Waals surface area (Å²) in [6, 6.07) is 10.1. The van der Waals surface area contributed by atoms with Crippen LogP contribution < -0.4 is 19.9 Å². The van der Waals surface area contributed by atoms with Crippen molar-refractivity contribution in [2.75, 3.05) is 27.1 Å². The second-order valence-electron chi connectivity index (χ2n) is 4.32. The number of rotatable bonds is 5. The topological polar surface area (TPSA) is 70.8 Å². The van der Waals surface area contributed by atoms with Crippen LogP contribution in [0.5, 0.6) is 17.2 Å². The highest BCUT2D eigenvalue weighted by Crippen LogP contribution is 2.34. The van der Waals surface area contributed by atoms with E-state index in [4.69, 9.17) is 19.9 Å². The third-order valence-electron chi connectivity index (χ3n) is 3.15. The van der Waals surface area contributed by atoms with E-state index in [2.05, 4.69) is 0 Å². The van der Waals surface area contributed by atoms with Gasteiger partial charge in [-0.05, 0) is 18.2 Å². The van der Waals surface area contributed by atoms with Crippen LogP contribution in [0, 0.1) is 0 Å². The van der Waals surface area contributed by atoms with Gasteiger partial charge in [0.1, 0.15) is 5.75 Å². The second kappa shape index (κ2) is 6.17. The summed E-state index contributed by atoms with van der Waals surface area (Å²) >= 11 is 0. The van der Waals surface area contributed by atoms with E-state index >= 15 is 0 Å². The lowest BCUT2D eigenvalue weighted by molar-refractivity contribution is 0.103. The number of anilines is 1. The molecule has 5 heteroatoms. The van der Waals surface area contributed by atoms with E-state index in [1.165, 1.54) is 21.3 Å². The summed E-state index contributed by atoms with van der Waals surface area (Å²) in [4.78, 5) is 12.7. The van der Waals surface area contributed by atoms with Crippen molar-refractivity contribution in [3.05, 3.63) is 47.5 Å². The minimum atomic E-state index is -0.231. The zero-order valence-electron chi connectivity index (χ0n) is 12.2. The Hall–Kier alpha value is -2.69. The number of methoxy groups -OCH3 is 3. The van der Waals surface area contributed by atoms with Crippen LogP contribution >= 0.6 is 0 Å². The number of carbonyl (C=O) groups is 1. The fourth-order valence-corrected chi connectivity index (χ4v) is 2.07. The van der Waals surface area contributed by atoms with Crippen LogP contribution in [-0.4, -0.2) is 27.1 Å². The Morgan fingerprint density at radius 3 is 2.05 bits per heavy atom. The van der Waals surface area contributed by atoms with E-state index in [-0.39, 0.29) is 5.78 Å². The van der Waals surface area contributed by atoms with E-state index in [0.29, 0.717) is 34.1 Å². The predicted molar refractivity (Wildman–Crippen MR) is 80.4 cm³/mol. The Bertz CT molecular complexity index is 667. The van der Waals surface area contributed by atoms with Gasteiger partial charge in [-0.25, -0.2) is 0 Å². The lowest BCUT2D eigenvalue weighted by Gasteiger charge is -2.13. The molecular weight excluding hydrogens is 270 g/mol. The van der Waals surface area contributed by atoms with Crippen molar-refractivity contribution in [1.29, 1.82) is 0 Å². The Morgan fingerprint density at radius 2 is 1.43 bits per heavy atom. The SMILES string of the molecule is COc1cc(N)c(C(=O)c2ccccc2OC)cc1OC. The molecular formula is C16H17NO4. The number of carbonyl (C=O) groups excluding carboxylic acids is 1. The molecule has 5 nitrogen and oxygen atoms in total. The number of ether oxygens (including phenoxy) is 3. The maximum atomic E-state index is 12.7. The Morgan fingerprint density at radius 1 is 0.857 bits per heavy atom. The van der Waals surface area contributed by atoms with Gasteiger partial charge >= 0.3 is 0 Å². The summed E-state index contributed by atoms with van der Waals surface area (Å²) in [5, 5.41) is 0. The van der Waals surface area contributed by atoms with E-state index < -0.39 is 0 Å². The van der Waals surface area contributed by atoms with Crippen LogP contribution in [0.2, 0.25) is 0 Å². The minimum Gasteiger partial charge on any atom is -0.496 e. The number of nitrogens with two attached hydrogens (primary N) is 1. The molecule has 0 saturated heterocycles. The fraction of sp³-hybridized carbons (Fsp3) is 0.188. The highest BCUT2D eigenvalue weighted by molar-refractivity contribution is 6.14. The number of hydrogen-bond donors (Lipinski definition) is 1. The lowest BCUT2D eigenvalue weighted by atomic mass is 10.0. The van der Waals surface area contributed by atoms with E-state index in [1.807, 2.05) is 0 Å². The second-order valence-corrected chi connectivity index (χ2v) is 4.32. The fourth-order valence-electron chi connectivity index (χ4n) is 2.07. The standard InChI is InChI=1S/C16H17NO4/c1-19-13-7-5-4-6-10(13)16(18)11-8-14(20-2)15(21-3)9-12(11)17/h4-9H,17H2,1-3H3. The number of para-hydroxylation sites is 1. The third kappa shape index (κ3) is 2.76. The highest BCUT2D eigenvalue weighted by atomic mass is 16.5. The quantitative estimate of drug-likeness (QED) is 0.676. The lowest BCUT2D eigenvalue weighted by Crippen LogP contribution is -2.08. The molecule has 110 valence electrons. The van der Waals surface area contributed by atoms with Crippen molar-refractivity contribution in [1.82, 2.24) is 0 Å². The molecule has 0 atom stereocenters. The summed E-state index contributed by atoms with van der Waals surface area (Å²) < 4.78 is 15.6. The predicted octanol–water partition coefficient (Wildman–Crippen LogP) is 2.53. The number of ketones is 1. The molecule has 0 fully saturated rings. The van der Waals surface area contributed by atoms with Gasteiger partial charge < -0.3 is 19.9 Å². The summed E-state index contributed by atoms with van der Waals surface area (Å²) in [5.74, 6) is 1.19. The van der Waals surface area contributed by atoms with Crippen molar-refractivity contribution in [3.63, 3.8) is 0 Å². The van der Waals surface area contributed by atoms with Crippen molar-refractivity contribution in [2.24, 2.45) is 0 Å². The monoisotopic (exact) mass is 287 g/mol. The van der Waals surface area contributed by atoms with Crippen molar-refractivity contribution in [3.8, 4) is 17.2 Å². The molecule has 0 spiro atoms. The van der Waals surface area contributed by atoms with Gasteiger partial charge in [0, 0.05) is 17.3 Å². The molecule has 0 radical (unpaired) electrons. The van der Waals surface area contributed by atoms with E-state index in [0.717, 1.165) is 0 Å². The molecule has 0 bridgehead atoms. The van der Waals surface area contributed by atoms with Crippen molar-refractivity contribution < 1.29 is 19.0 Å². The Balaban J connectivity index is 2.53. The van der Waals surface area contributed by atoms with Crippen LogP contribution in [-0.2, 0) is 0 Å². The van der Waals surface area contributed by atoms with Crippen molar-refractivity contribution in [2.45, 2.75) is 0 Å². The minimum absolute atomic E-state index is 0.231. The molecule has 0 aliphatic carbocycles. The maximum Gasteiger partial charge on any atom is 0.198 e. The van der Waals surface area contributed by atoms with E-state index in [9.17, 15) is 4.79 Å². The van der Waals surface area contributed by atoms with Crippen LogP contribution in [0.4, 0.5) is 5.69 Å². The van der Waals surface area contributed by atoms with Gasteiger partial charge in [0.25, 0.3) is 0 Å². The van der Waals surface area contributed by atoms with Gasteiger partial charge in [-0.2, -0.15) is 0 Å². The third-order valence-corrected chi connectivity index (χ3v) is 3.15. The number of hydrogen-bond acceptors (Lipinski definition) is 5. The van der Waals surface area contributed by atoms with Crippen LogP contribution in [0.1, 0.15) is 15.9 Å². The molecule has 0 amide bonds. The van der Waals surface area contributed by atoms with Gasteiger partial charge in [-0.3, -0.25) is 4.79 Å². The zero-order valence-corrected chi connectivity index (χ0v) is 12.2. The van der Waals surface area contributed by atoms with Gasteiger partial charge in [-0.15, -0.1) is 0 Å². The average Bonchev–Trinajstić information content (AvgIpc) is 2.53. The average molecular weight is 287 g/mol. The van der Waals surface area contributed by atoms with Crippen LogP contribution in [0.15, 0.2) is 36.4 Å². The number of benzene rings is 2. The van der Waals surface area contributed by atoms with Crippen LogP contribution in [0.25, 0.3) is 0 Å². The highest BCUT2D eigenvalue weighted by Gasteiger charge is 2.19. The smallest absolute Gasteiger partial charge is 0.198 e. The molecule has 0 heterocycles. The van der Waals surface area contributed by atoms with Gasteiger partial charge in [-0.1, -0.05) is 12.1 Å². The molecule has 2 rings (SSSR count). The maximum absolute atomic E-state index is 12.7. The first-order valence-corrected chi connectivity index (χ1v) is 6.31. The molecule has 2 N–H and O–H groups in total. The molecule has 0 saturated carbocycles. The van der Waals surface area contributed by atoms with Gasteiger partial charge in [0.15, 0.2) is 17.3 Å². The Labute approximate surface area is 123 Å². The molecule has 2 aromatic carbocycles. The first-order chi connectivity index (χ1) is 10.1. The summed E-state index contributed by atoms with van der Waals surface area (Å²) in [5.41, 5.74) is 7.06. The largest absolute Gasteiger partial charge is 0.496 e. The summed E-state index contributed by atoms with van der Waals surface area (Å²) in [6.07, 6.45) is 0. The molecule has 21 heavy (non-hydrogen) atoms. The Kier molecular flexibility index (Phi) is 4.33. The molecule has 0 unspecified atom stereocenters. The van der Waals surface area contributed by atoms with E-state index in [1.54, 1.807) is 36.4 Å². The molecule has 2 aromatic rings. The van der Waals surface area contributed by atoms with Crippen molar-refractivity contribution >= 4 is 11.5 Å². The zero-order chi connectivity index (χ0) is 15.4. The first kappa shape index (κ1) is 14.7. The first-order valence-electron chi connectivity index (χ1n) is 6.31. The molecule has 0 aromatic heterocycles. The van der Waals surface area contributed by atoms with Crippen LogP contribution in [0.3, 0.4) is 0 Å². The molecule has 0 aliphatic heterocycles. The normalized spacial score (nSPS) is 10.0. The summed E-state index contributed by atoms with van der Waals surface area (Å²) in [7, 11) is 4.54. The number of nitrogen functional groups attached to an aromatic ring is 1. The molecule has 0 aliphatic rings. The van der Waals surface area contributed by atoms with Gasteiger partial charge in [0.2, 0.25) is 0 Å². The summed E-state index contributed by atoms with van der Waals surface area (Å²) in [6.45, 7) is 0. The van der Waals surface area contributed by atoms with Gasteiger partial charge in [0.05, 0.1) is 26.9 Å².